The Morgan fingerprint density at radius 2 is 1.63 bits per heavy atom. The normalized spacial score (nSPS) is 14.3. The Morgan fingerprint density at radius 1 is 0.926 bits per heavy atom. The van der Waals surface area contributed by atoms with E-state index in [1.54, 1.807) is 4.68 Å². The molecule has 0 aliphatic carbocycles. The van der Waals surface area contributed by atoms with Gasteiger partial charge in [0.25, 0.3) is 5.91 Å². The minimum absolute atomic E-state index is 0. The maximum atomic E-state index is 12.9. The number of carbonyl (C=O) groups is 1. The molecule has 1 fully saturated rings. The van der Waals surface area contributed by atoms with Crippen LogP contribution in [0.4, 0.5) is 0 Å². The molecule has 7 heteroatoms. The van der Waals surface area contributed by atoms with E-state index in [1.165, 1.54) is 0 Å². The number of benzene rings is 2. The smallest absolute Gasteiger partial charge is 0.293 e. The summed E-state index contributed by atoms with van der Waals surface area (Å²) in [6.45, 7) is 3.15. The van der Waals surface area contributed by atoms with Gasteiger partial charge >= 0.3 is 0 Å². The molecule has 2 aromatic carbocycles. The Labute approximate surface area is 164 Å². The molecule has 3 aromatic rings. The average Bonchev–Trinajstić information content (AvgIpc) is 2.97. The second-order valence-electron chi connectivity index (χ2n) is 6.27. The summed E-state index contributed by atoms with van der Waals surface area (Å²) in [7, 11) is 0. The number of aromatic nitrogens is 3. The number of halogens is 1. The van der Waals surface area contributed by atoms with Crippen molar-refractivity contribution < 1.29 is 4.79 Å². The number of rotatable bonds is 3. The summed E-state index contributed by atoms with van der Waals surface area (Å²) in [5, 5.41) is 7.87. The third-order valence-corrected chi connectivity index (χ3v) is 4.46. The lowest BCUT2D eigenvalue weighted by Gasteiger charge is -2.17. The van der Waals surface area contributed by atoms with E-state index in [0.717, 1.165) is 37.3 Å². The molecule has 1 saturated heterocycles. The maximum Gasteiger partial charge on any atom is 0.293 e. The molecular weight excluding hydrogens is 362 g/mol. The fourth-order valence-corrected chi connectivity index (χ4v) is 3.12. The second kappa shape index (κ2) is 8.79. The molecule has 0 bridgehead atoms. The fourth-order valence-electron chi connectivity index (χ4n) is 3.12. The van der Waals surface area contributed by atoms with Gasteiger partial charge in [-0.1, -0.05) is 48.5 Å². The maximum absolute atomic E-state index is 12.9. The standard InChI is InChI=1S/C20H21N5O.ClH/c26-20(24-14-7-12-21-13-15-24)18-22-19(16-8-3-1-4-9-16)25(23-18)17-10-5-2-6-11-17;/h1-6,8-11,21H,7,12-15H2;1H. The van der Waals surface area contributed by atoms with Crippen LogP contribution >= 0.6 is 12.4 Å². The van der Waals surface area contributed by atoms with Crippen molar-refractivity contribution in [3.63, 3.8) is 0 Å². The van der Waals surface area contributed by atoms with E-state index in [-0.39, 0.29) is 24.1 Å². The van der Waals surface area contributed by atoms with Gasteiger partial charge in [-0.25, -0.2) is 9.67 Å². The van der Waals surface area contributed by atoms with E-state index < -0.39 is 0 Å². The average molecular weight is 384 g/mol. The first kappa shape index (κ1) is 19.1. The van der Waals surface area contributed by atoms with Gasteiger partial charge in [0.2, 0.25) is 5.82 Å². The van der Waals surface area contributed by atoms with Crippen molar-refractivity contribution in [2.24, 2.45) is 0 Å². The van der Waals surface area contributed by atoms with Gasteiger partial charge in [-0.2, -0.15) is 0 Å². The highest BCUT2D eigenvalue weighted by Gasteiger charge is 2.24. The van der Waals surface area contributed by atoms with Gasteiger partial charge < -0.3 is 10.2 Å². The van der Waals surface area contributed by atoms with E-state index in [1.807, 2.05) is 65.6 Å². The molecule has 27 heavy (non-hydrogen) atoms. The van der Waals surface area contributed by atoms with E-state index in [4.69, 9.17) is 0 Å². The van der Waals surface area contributed by atoms with Crippen LogP contribution in [0, 0.1) is 0 Å². The minimum Gasteiger partial charge on any atom is -0.335 e. The van der Waals surface area contributed by atoms with Crippen molar-refractivity contribution in [2.75, 3.05) is 26.2 Å². The van der Waals surface area contributed by atoms with Gasteiger partial charge in [-0.3, -0.25) is 4.79 Å². The lowest BCUT2D eigenvalue weighted by molar-refractivity contribution is 0.0754. The number of para-hydroxylation sites is 1. The molecule has 1 aliphatic rings. The quantitative estimate of drug-likeness (QED) is 0.755. The van der Waals surface area contributed by atoms with E-state index in [9.17, 15) is 4.79 Å². The molecular formula is C20H22ClN5O. The summed E-state index contributed by atoms with van der Waals surface area (Å²) in [5.74, 6) is 0.809. The second-order valence-corrected chi connectivity index (χ2v) is 6.27. The zero-order valence-corrected chi connectivity index (χ0v) is 15.7. The van der Waals surface area contributed by atoms with Crippen LogP contribution in [0.1, 0.15) is 17.0 Å². The van der Waals surface area contributed by atoms with Crippen LogP contribution in [0.15, 0.2) is 60.7 Å². The monoisotopic (exact) mass is 383 g/mol. The van der Waals surface area contributed by atoms with Crippen LogP contribution < -0.4 is 5.32 Å². The van der Waals surface area contributed by atoms with Crippen LogP contribution in [0.25, 0.3) is 17.1 Å². The molecule has 2 heterocycles. The van der Waals surface area contributed by atoms with Crippen LogP contribution in [0.5, 0.6) is 0 Å². The molecule has 0 atom stereocenters. The number of hydrogen-bond donors (Lipinski definition) is 1. The first-order valence-corrected chi connectivity index (χ1v) is 8.91. The van der Waals surface area contributed by atoms with Crippen molar-refractivity contribution in [3.05, 3.63) is 66.5 Å². The Balaban J connectivity index is 0.00000210. The Kier molecular flexibility index (Phi) is 6.21. The van der Waals surface area contributed by atoms with Crippen molar-refractivity contribution in [3.8, 4) is 17.1 Å². The van der Waals surface area contributed by atoms with Crippen molar-refractivity contribution in [1.29, 1.82) is 0 Å². The first-order valence-electron chi connectivity index (χ1n) is 8.91. The summed E-state index contributed by atoms with van der Waals surface area (Å²) < 4.78 is 1.75. The molecule has 0 spiro atoms. The van der Waals surface area contributed by atoms with Crippen molar-refractivity contribution in [2.45, 2.75) is 6.42 Å². The lowest BCUT2D eigenvalue weighted by atomic mass is 10.2. The highest BCUT2D eigenvalue weighted by molar-refractivity contribution is 5.91. The summed E-state index contributed by atoms with van der Waals surface area (Å²) in [5.41, 5.74) is 1.82. The third-order valence-electron chi connectivity index (χ3n) is 4.46. The van der Waals surface area contributed by atoms with Gasteiger partial charge in [0.1, 0.15) is 0 Å². The molecule has 1 aliphatic heterocycles. The first-order chi connectivity index (χ1) is 12.8. The third kappa shape index (κ3) is 4.18. The molecule has 1 N–H and O–H groups in total. The van der Waals surface area contributed by atoms with Crippen LogP contribution in [-0.2, 0) is 0 Å². The largest absolute Gasteiger partial charge is 0.335 e. The predicted octanol–water partition coefficient (Wildman–Crippen LogP) is 2.79. The van der Waals surface area contributed by atoms with E-state index >= 15 is 0 Å². The molecule has 140 valence electrons. The lowest BCUT2D eigenvalue weighted by Crippen LogP contribution is -2.34. The highest BCUT2D eigenvalue weighted by Crippen LogP contribution is 2.21. The van der Waals surface area contributed by atoms with E-state index in [0.29, 0.717) is 12.4 Å². The molecule has 0 radical (unpaired) electrons. The predicted molar refractivity (Wildman–Crippen MR) is 107 cm³/mol. The van der Waals surface area contributed by atoms with Crippen LogP contribution in [0.3, 0.4) is 0 Å². The van der Waals surface area contributed by atoms with Gasteiger partial charge in [0, 0.05) is 25.2 Å². The Hall–Kier alpha value is -2.70. The molecule has 1 amide bonds. The molecule has 4 rings (SSSR count). The van der Waals surface area contributed by atoms with E-state index in [2.05, 4.69) is 15.4 Å². The van der Waals surface area contributed by atoms with Crippen LogP contribution in [-0.4, -0.2) is 51.8 Å². The number of nitrogens with zero attached hydrogens (tertiary/aromatic N) is 4. The van der Waals surface area contributed by atoms with Gasteiger partial charge in [-0.15, -0.1) is 17.5 Å². The van der Waals surface area contributed by atoms with Gasteiger partial charge in [0.05, 0.1) is 5.69 Å². The number of nitrogens with one attached hydrogen (secondary N) is 1. The molecule has 1 aromatic heterocycles. The molecule has 0 saturated carbocycles. The van der Waals surface area contributed by atoms with Crippen molar-refractivity contribution in [1.82, 2.24) is 25.0 Å². The number of carbonyl (C=O) groups excluding carboxylic acids is 1. The minimum atomic E-state index is -0.111. The fraction of sp³-hybridized carbons (Fsp3) is 0.250. The summed E-state index contributed by atoms with van der Waals surface area (Å²) >= 11 is 0. The summed E-state index contributed by atoms with van der Waals surface area (Å²) in [4.78, 5) is 19.4. The summed E-state index contributed by atoms with van der Waals surface area (Å²) in [6, 6.07) is 19.6. The molecule has 0 unspecified atom stereocenters. The molecule has 6 nitrogen and oxygen atoms in total. The number of hydrogen-bond acceptors (Lipinski definition) is 4. The van der Waals surface area contributed by atoms with Gasteiger partial charge in [0.15, 0.2) is 5.82 Å². The Morgan fingerprint density at radius 3 is 2.37 bits per heavy atom. The Bertz CT molecular complexity index is 817. The topological polar surface area (TPSA) is 63.1 Å². The van der Waals surface area contributed by atoms with Crippen molar-refractivity contribution >= 4 is 18.3 Å². The SMILES string of the molecule is Cl.O=C(c1nc(-c2ccccc2)n(-c2ccccc2)n1)N1CCCNCC1. The highest BCUT2D eigenvalue weighted by atomic mass is 35.5. The summed E-state index contributed by atoms with van der Waals surface area (Å²) in [6.07, 6.45) is 0.941. The zero-order chi connectivity index (χ0) is 17.8. The zero-order valence-electron chi connectivity index (χ0n) is 14.9. The number of amides is 1. The van der Waals surface area contributed by atoms with Crippen LogP contribution in [0.2, 0.25) is 0 Å². The van der Waals surface area contributed by atoms with Gasteiger partial charge in [-0.05, 0) is 25.1 Å².